The highest BCUT2D eigenvalue weighted by Gasteiger charge is 2.27. The molecule has 4 heteroatoms. The number of ether oxygens (including phenoxy) is 1. The molecule has 1 aromatic heterocycles. The first-order valence-electron chi connectivity index (χ1n) is 8.30. The molecule has 1 saturated carbocycles. The lowest BCUT2D eigenvalue weighted by Gasteiger charge is -2.39. The Morgan fingerprint density at radius 2 is 2.19 bits per heavy atom. The topological polar surface area (TPSA) is 37.4 Å². The van der Waals surface area contributed by atoms with E-state index in [1.54, 1.807) is 7.11 Å². The Morgan fingerprint density at radius 1 is 1.33 bits per heavy atom. The Kier molecular flexibility index (Phi) is 5.09. The maximum absolute atomic E-state index is 5.22. The van der Waals surface area contributed by atoms with Crippen LogP contribution in [0.2, 0.25) is 0 Å². The van der Waals surface area contributed by atoms with Gasteiger partial charge in [0.05, 0.1) is 7.11 Å². The van der Waals surface area contributed by atoms with Crippen LogP contribution < -0.4 is 10.1 Å². The van der Waals surface area contributed by atoms with Gasteiger partial charge < -0.3 is 10.1 Å². The van der Waals surface area contributed by atoms with Gasteiger partial charge in [0.25, 0.3) is 0 Å². The Labute approximate surface area is 127 Å². The van der Waals surface area contributed by atoms with Crippen LogP contribution in [-0.4, -0.2) is 42.7 Å². The average Bonchev–Trinajstić information content (AvgIpc) is 2.56. The summed E-state index contributed by atoms with van der Waals surface area (Å²) in [7, 11) is 1.68. The maximum Gasteiger partial charge on any atom is 0.213 e. The van der Waals surface area contributed by atoms with E-state index in [4.69, 9.17) is 4.74 Å². The van der Waals surface area contributed by atoms with E-state index in [-0.39, 0.29) is 0 Å². The molecule has 2 heterocycles. The molecule has 1 aliphatic heterocycles. The van der Waals surface area contributed by atoms with E-state index in [1.807, 2.05) is 6.20 Å². The first-order chi connectivity index (χ1) is 10.3. The lowest BCUT2D eigenvalue weighted by Crippen LogP contribution is -2.53. The highest BCUT2D eigenvalue weighted by atomic mass is 16.5. The van der Waals surface area contributed by atoms with Crippen LogP contribution in [0.5, 0.6) is 5.88 Å². The van der Waals surface area contributed by atoms with Crippen LogP contribution in [0, 0.1) is 5.92 Å². The number of methoxy groups -OCH3 is 1. The summed E-state index contributed by atoms with van der Waals surface area (Å²) < 4.78 is 5.22. The van der Waals surface area contributed by atoms with Crippen molar-refractivity contribution in [1.82, 2.24) is 15.2 Å². The monoisotopic (exact) mass is 289 g/mol. The predicted molar refractivity (Wildman–Crippen MR) is 84.4 cm³/mol. The molecule has 0 aromatic carbocycles. The fourth-order valence-corrected chi connectivity index (χ4v) is 3.76. The fraction of sp³-hybridized carbons (Fsp3) is 0.706. The van der Waals surface area contributed by atoms with Gasteiger partial charge in [0.15, 0.2) is 0 Å². The Bertz CT molecular complexity index is 445. The summed E-state index contributed by atoms with van der Waals surface area (Å²) in [5, 5.41) is 3.75. The molecule has 0 amide bonds. The maximum atomic E-state index is 5.22. The molecule has 0 bridgehead atoms. The zero-order chi connectivity index (χ0) is 14.5. The van der Waals surface area contributed by atoms with Crippen molar-refractivity contribution in [2.45, 2.75) is 44.7 Å². The second kappa shape index (κ2) is 7.23. The summed E-state index contributed by atoms with van der Waals surface area (Å²) in [6.07, 6.45) is 8.94. The number of piperazine rings is 1. The molecule has 1 unspecified atom stereocenters. The molecule has 2 fully saturated rings. The lowest BCUT2D eigenvalue weighted by atomic mass is 9.83. The fourth-order valence-electron chi connectivity index (χ4n) is 3.76. The lowest BCUT2D eigenvalue weighted by molar-refractivity contribution is 0.141. The van der Waals surface area contributed by atoms with Crippen molar-refractivity contribution in [2.75, 3.05) is 26.7 Å². The Balaban J connectivity index is 1.57. The number of aromatic nitrogens is 1. The van der Waals surface area contributed by atoms with E-state index in [0.29, 0.717) is 11.9 Å². The molecule has 1 aromatic rings. The largest absolute Gasteiger partial charge is 0.481 e. The van der Waals surface area contributed by atoms with E-state index < -0.39 is 0 Å². The zero-order valence-corrected chi connectivity index (χ0v) is 13.1. The number of hydrogen-bond acceptors (Lipinski definition) is 4. The number of rotatable bonds is 4. The van der Waals surface area contributed by atoms with Crippen molar-refractivity contribution >= 4 is 0 Å². The van der Waals surface area contributed by atoms with Gasteiger partial charge in [-0.2, -0.15) is 0 Å². The SMILES string of the molecule is COc1cc(CN2CCNC(C3CCCCC3)C2)ccn1. The van der Waals surface area contributed by atoms with E-state index in [0.717, 1.165) is 25.6 Å². The third-order valence-corrected chi connectivity index (χ3v) is 4.92. The van der Waals surface area contributed by atoms with E-state index in [1.165, 1.54) is 44.2 Å². The first kappa shape index (κ1) is 14.8. The van der Waals surface area contributed by atoms with Gasteiger partial charge in [-0.3, -0.25) is 4.90 Å². The molecular formula is C17H27N3O. The van der Waals surface area contributed by atoms with Crippen LogP contribution >= 0.6 is 0 Å². The minimum absolute atomic E-state index is 0.683. The van der Waals surface area contributed by atoms with Gasteiger partial charge in [-0.15, -0.1) is 0 Å². The second-order valence-electron chi connectivity index (χ2n) is 6.40. The van der Waals surface area contributed by atoms with E-state index in [9.17, 15) is 0 Å². The summed E-state index contributed by atoms with van der Waals surface area (Å²) in [5.41, 5.74) is 1.30. The van der Waals surface area contributed by atoms with Gasteiger partial charge in [-0.25, -0.2) is 4.98 Å². The van der Waals surface area contributed by atoms with E-state index >= 15 is 0 Å². The second-order valence-corrected chi connectivity index (χ2v) is 6.40. The summed E-state index contributed by atoms with van der Waals surface area (Å²) in [6, 6.07) is 4.83. The minimum Gasteiger partial charge on any atom is -0.481 e. The summed E-state index contributed by atoms with van der Waals surface area (Å²) in [6.45, 7) is 4.43. The van der Waals surface area contributed by atoms with Crippen LogP contribution in [0.15, 0.2) is 18.3 Å². The van der Waals surface area contributed by atoms with Crippen LogP contribution in [-0.2, 0) is 6.54 Å². The Morgan fingerprint density at radius 3 is 3.00 bits per heavy atom. The predicted octanol–water partition coefficient (Wildman–Crippen LogP) is 2.44. The summed E-state index contributed by atoms with van der Waals surface area (Å²) in [4.78, 5) is 6.76. The van der Waals surface area contributed by atoms with Crippen molar-refractivity contribution in [3.63, 3.8) is 0 Å². The van der Waals surface area contributed by atoms with E-state index in [2.05, 4.69) is 27.3 Å². The van der Waals surface area contributed by atoms with Crippen LogP contribution in [0.3, 0.4) is 0 Å². The van der Waals surface area contributed by atoms with Crippen molar-refractivity contribution in [3.8, 4) is 5.88 Å². The summed E-state index contributed by atoms with van der Waals surface area (Å²) in [5.74, 6) is 1.60. The van der Waals surface area contributed by atoms with Gasteiger partial charge >= 0.3 is 0 Å². The first-order valence-corrected chi connectivity index (χ1v) is 8.30. The van der Waals surface area contributed by atoms with Gasteiger partial charge in [0.1, 0.15) is 0 Å². The van der Waals surface area contributed by atoms with Crippen molar-refractivity contribution in [2.24, 2.45) is 5.92 Å². The number of hydrogen-bond donors (Lipinski definition) is 1. The minimum atomic E-state index is 0.683. The van der Waals surface area contributed by atoms with Crippen molar-refractivity contribution in [1.29, 1.82) is 0 Å². The summed E-state index contributed by atoms with van der Waals surface area (Å²) >= 11 is 0. The molecule has 2 aliphatic rings. The molecule has 21 heavy (non-hydrogen) atoms. The van der Waals surface area contributed by atoms with Gasteiger partial charge in [0.2, 0.25) is 5.88 Å². The van der Waals surface area contributed by atoms with Gasteiger partial charge in [0, 0.05) is 44.5 Å². The quantitative estimate of drug-likeness (QED) is 0.924. The van der Waals surface area contributed by atoms with Crippen LogP contribution in [0.1, 0.15) is 37.7 Å². The third-order valence-electron chi connectivity index (χ3n) is 4.92. The zero-order valence-electron chi connectivity index (χ0n) is 13.1. The molecular weight excluding hydrogens is 262 g/mol. The van der Waals surface area contributed by atoms with Gasteiger partial charge in [-0.1, -0.05) is 19.3 Å². The molecule has 0 radical (unpaired) electrons. The van der Waals surface area contributed by atoms with Crippen molar-refractivity contribution in [3.05, 3.63) is 23.9 Å². The smallest absolute Gasteiger partial charge is 0.213 e. The third kappa shape index (κ3) is 3.95. The van der Waals surface area contributed by atoms with Crippen LogP contribution in [0.4, 0.5) is 0 Å². The van der Waals surface area contributed by atoms with Crippen molar-refractivity contribution < 1.29 is 4.74 Å². The molecule has 1 saturated heterocycles. The molecule has 1 N–H and O–H groups in total. The molecule has 1 atom stereocenters. The molecule has 116 valence electrons. The van der Waals surface area contributed by atoms with Crippen LogP contribution in [0.25, 0.3) is 0 Å². The number of nitrogens with one attached hydrogen (secondary N) is 1. The molecule has 3 rings (SSSR count). The molecule has 1 aliphatic carbocycles. The average molecular weight is 289 g/mol. The number of pyridine rings is 1. The molecule has 0 spiro atoms. The molecule has 4 nitrogen and oxygen atoms in total. The highest BCUT2D eigenvalue weighted by molar-refractivity contribution is 5.20. The highest BCUT2D eigenvalue weighted by Crippen LogP contribution is 2.28. The Hall–Kier alpha value is -1.13. The standard InChI is InChI=1S/C17H27N3O/c1-21-17-11-14(7-8-19-17)12-20-10-9-18-16(13-20)15-5-3-2-4-6-15/h7-8,11,15-16,18H,2-6,9-10,12-13H2,1H3. The normalized spacial score (nSPS) is 24.9. The number of nitrogens with zero attached hydrogens (tertiary/aromatic N) is 2. The van der Waals surface area contributed by atoms with Gasteiger partial charge in [-0.05, 0) is 30.4 Å².